The summed E-state index contributed by atoms with van der Waals surface area (Å²) in [5, 5.41) is 34.2. The third-order valence-electron chi connectivity index (χ3n) is 2.48. The Morgan fingerprint density at radius 1 is 0.842 bits per heavy atom. The van der Waals surface area contributed by atoms with Crippen molar-refractivity contribution in [3.05, 3.63) is 0 Å². The fraction of sp³-hybridized carbons (Fsp3) is 0.846. The monoisotopic (exact) mass is 278 g/mol. The number of hydrogen-bond acceptors (Lipinski definition) is 4. The van der Waals surface area contributed by atoms with E-state index in [1.807, 2.05) is 13.8 Å². The molecule has 0 aromatic carbocycles. The predicted octanol–water partition coefficient (Wildman–Crippen LogP) is 1.63. The van der Waals surface area contributed by atoms with Crippen molar-refractivity contribution in [2.24, 2.45) is 0 Å². The van der Waals surface area contributed by atoms with Gasteiger partial charge in [-0.05, 0) is 25.7 Å². The maximum atomic E-state index is 10.00. The number of hydrogen-bond donors (Lipinski definition) is 4. The summed E-state index contributed by atoms with van der Waals surface area (Å²) >= 11 is 0. The van der Waals surface area contributed by atoms with Gasteiger partial charge in [-0.25, -0.2) is 0 Å². The molecule has 0 saturated heterocycles. The van der Waals surface area contributed by atoms with Crippen molar-refractivity contribution in [3.63, 3.8) is 0 Å². The maximum Gasteiger partial charge on any atom is 0.303 e. The number of carboxylic acid groups (broad SMARTS) is 2. The van der Waals surface area contributed by atoms with Crippen molar-refractivity contribution in [1.82, 2.24) is 0 Å². The van der Waals surface area contributed by atoms with E-state index in [1.165, 1.54) is 0 Å². The first-order chi connectivity index (χ1) is 8.83. The molecule has 0 fully saturated rings. The molecule has 0 radical (unpaired) electrons. The zero-order chi connectivity index (χ0) is 15.3. The third-order valence-corrected chi connectivity index (χ3v) is 2.48. The molecule has 0 amide bonds. The third kappa shape index (κ3) is 19.4. The summed E-state index contributed by atoms with van der Waals surface area (Å²) < 4.78 is 0. The Labute approximate surface area is 114 Å². The van der Waals surface area contributed by atoms with E-state index in [-0.39, 0.29) is 12.8 Å². The summed E-state index contributed by atoms with van der Waals surface area (Å²) in [6.45, 7) is 3.79. The van der Waals surface area contributed by atoms with E-state index in [0.717, 1.165) is 6.42 Å². The van der Waals surface area contributed by atoms with E-state index in [4.69, 9.17) is 20.4 Å². The largest absolute Gasteiger partial charge is 0.481 e. The van der Waals surface area contributed by atoms with Gasteiger partial charge in [0.25, 0.3) is 0 Å². The van der Waals surface area contributed by atoms with Crippen molar-refractivity contribution in [2.75, 3.05) is 0 Å². The first kappa shape index (κ1) is 20.2. The lowest BCUT2D eigenvalue weighted by Gasteiger charge is -2.05. The molecule has 0 spiro atoms. The van der Waals surface area contributed by atoms with Crippen molar-refractivity contribution >= 4 is 11.9 Å². The van der Waals surface area contributed by atoms with Crippen LogP contribution < -0.4 is 0 Å². The van der Waals surface area contributed by atoms with Gasteiger partial charge in [-0.15, -0.1) is 0 Å². The molecule has 4 N–H and O–H groups in total. The first-order valence-electron chi connectivity index (χ1n) is 6.63. The molecule has 2 unspecified atom stereocenters. The van der Waals surface area contributed by atoms with Gasteiger partial charge < -0.3 is 20.4 Å². The fourth-order valence-corrected chi connectivity index (χ4v) is 1.26. The molecule has 0 aliphatic heterocycles. The van der Waals surface area contributed by atoms with Gasteiger partial charge in [0.2, 0.25) is 0 Å². The summed E-state index contributed by atoms with van der Waals surface area (Å²) in [7, 11) is 0. The van der Waals surface area contributed by atoms with E-state index in [2.05, 4.69) is 0 Å². The highest BCUT2D eigenvalue weighted by atomic mass is 16.4. The molecular weight excluding hydrogens is 252 g/mol. The molecule has 0 rings (SSSR count). The van der Waals surface area contributed by atoms with Crippen molar-refractivity contribution in [2.45, 2.75) is 71.0 Å². The lowest BCUT2D eigenvalue weighted by molar-refractivity contribution is -0.138. The van der Waals surface area contributed by atoms with E-state index < -0.39 is 24.1 Å². The zero-order valence-corrected chi connectivity index (χ0v) is 11.7. The van der Waals surface area contributed by atoms with Crippen LogP contribution in [0.5, 0.6) is 0 Å². The molecule has 19 heavy (non-hydrogen) atoms. The van der Waals surface area contributed by atoms with Gasteiger partial charge in [-0.3, -0.25) is 9.59 Å². The Bertz CT molecular complexity index is 241. The van der Waals surface area contributed by atoms with Gasteiger partial charge >= 0.3 is 11.9 Å². The minimum absolute atomic E-state index is 0.0645. The van der Waals surface area contributed by atoms with E-state index in [0.29, 0.717) is 25.7 Å². The van der Waals surface area contributed by atoms with Gasteiger partial charge in [0, 0.05) is 12.8 Å². The first-order valence-corrected chi connectivity index (χ1v) is 6.63. The summed E-state index contributed by atoms with van der Waals surface area (Å²) in [6.07, 6.45) is 2.24. The molecular formula is C13H26O6. The average Bonchev–Trinajstić information content (AvgIpc) is 2.34. The van der Waals surface area contributed by atoms with Crippen LogP contribution >= 0.6 is 0 Å². The molecule has 0 aliphatic carbocycles. The molecule has 6 nitrogen and oxygen atoms in total. The molecule has 2 atom stereocenters. The summed E-state index contributed by atoms with van der Waals surface area (Å²) in [4.78, 5) is 19.9. The van der Waals surface area contributed by atoms with E-state index >= 15 is 0 Å². The van der Waals surface area contributed by atoms with Crippen molar-refractivity contribution in [3.8, 4) is 0 Å². The molecule has 0 heterocycles. The molecule has 0 aromatic rings. The Morgan fingerprint density at radius 2 is 1.26 bits per heavy atom. The maximum absolute atomic E-state index is 10.00. The smallest absolute Gasteiger partial charge is 0.303 e. The minimum atomic E-state index is -0.845. The Kier molecular flexibility index (Phi) is 14.1. The Morgan fingerprint density at radius 3 is 1.58 bits per heavy atom. The predicted molar refractivity (Wildman–Crippen MR) is 71.0 cm³/mol. The van der Waals surface area contributed by atoms with Gasteiger partial charge in [0.1, 0.15) is 0 Å². The highest BCUT2D eigenvalue weighted by molar-refractivity contribution is 5.66. The van der Waals surface area contributed by atoms with Crippen LogP contribution in [0.1, 0.15) is 58.8 Å². The van der Waals surface area contributed by atoms with Crippen LogP contribution in [-0.4, -0.2) is 44.6 Å². The van der Waals surface area contributed by atoms with Crippen LogP contribution in [0.4, 0.5) is 0 Å². The van der Waals surface area contributed by atoms with Crippen molar-refractivity contribution in [1.29, 1.82) is 0 Å². The zero-order valence-electron chi connectivity index (χ0n) is 11.7. The van der Waals surface area contributed by atoms with Crippen LogP contribution in [0, 0.1) is 0 Å². The number of aliphatic carboxylic acids is 2. The minimum Gasteiger partial charge on any atom is -0.481 e. The van der Waals surface area contributed by atoms with E-state index in [1.54, 1.807) is 0 Å². The molecule has 6 heteroatoms. The second-order valence-electron chi connectivity index (χ2n) is 4.37. The number of aliphatic hydroxyl groups is 2. The van der Waals surface area contributed by atoms with Crippen LogP contribution in [-0.2, 0) is 9.59 Å². The van der Waals surface area contributed by atoms with Crippen LogP contribution in [0.25, 0.3) is 0 Å². The van der Waals surface area contributed by atoms with E-state index in [9.17, 15) is 9.59 Å². The molecule has 0 bridgehead atoms. The topological polar surface area (TPSA) is 115 Å². The highest BCUT2D eigenvalue weighted by Gasteiger charge is 2.04. The number of aliphatic hydroxyl groups excluding tert-OH is 2. The average molecular weight is 278 g/mol. The lowest BCUT2D eigenvalue weighted by atomic mass is 10.1. The quantitative estimate of drug-likeness (QED) is 0.509. The highest BCUT2D eigenvalue weighted by Crippen LogP contribution is 2.03. The molecule has 114 valence electrons. The second kappa shape index (κ2) is 13.3. The van der Waals surface area contributed by atoms with Crippen LogP contribution in [0.2, 0.25) is 0 Å². The van der Waals surface area contributed by atoms with Crippen LogP contribution in [0.3, 0.4) is 0 Å². The van der Waals surface area contributed by atoms with Gasteiger partial charge in [0.15, 0.2) is 0 Å². The molecule has 0 aromatic heterocycles. The summed E-state index contributed by atoms with van der Waals surface area (Å²) in [6, 6.07) is 0. The summed E-state index contributed by atoms with van der Waals surface area (Å²) in [5.74, 6) is -1.68. The normalized spacial score (nSPS) is 13.1. The molecule has 0 saturated carbocycles. The Hall–Kier alpha value is -1.14. The SMILES string of the molecule is CCC(O)CCC(=O)O.CCCC(O)CCC(=O)O. The number of carboxylic acids is 2. The standard InChI is InChI=1S/C7H14O3.C6H12O3/c1-2-3-6(8)4-5-7(9)10;1-2-5(7)3-4-6(8)9/h6,8H,2-5H2,1H3,(H,9,10);5,7H,2-4H2,1H3,(H,8,9). The molecule has 0 aliphatic rings. The van der Waals surface area contributed by atoms with Crippen molar-refractivity contribution < 1.29 is 30.0 Å². The lowest BCUT2D eigenvalue weighted by Crippen LogP contribution is -2.08. The van der Waals surface area contributed by atoms with Crippen LogP contribution in [0.15, 0.2) is 0 Å². The second-order valence-corrected chi connectivity index (χ2v) is 4.37. The van der Waals surface area contributed by atoms with Gasteiger partial charge in [-0.2, -0.15) is 0 Å². The van der Waals surface area contributed by atoms with Gasteiger partial charge in [0.05, 0.1) is 12.2 Å². The summed E-state index contributed by atoms with van der Waals surface area (Å²) in [5.41, 5.74) is 0. The number of carbonyl (C=O) groups is 2. The fourth-order valence-electron chi connectivity index (χ4n) is 1.26. The number of rotatable bonds is 9. The Balaban J connectivity index is 0. The van der Waals surface area contributed by atoms with Gasteiger partial charge in [-0.1, -0.05) is 20.3 Å².